The van der Waals surface area contributed by atoms with Crippen LogP contribution in [0.4, 0.5) is 0 Å². The Morgan fingerprint density at radius 1 is 1.14 bits per heavy atom. The fourth-order valence-electron chi connectivity index (χ4n) is 5.76. The van der Waals surface area contributed by atoms with E-state index in [2.05, 4.69) is 90.7 Å². The molecule has 4 rings (SSSR count). The molecule has 5 heteroatoms. The summed E-state index contributed by atoms with van der Waals surface area (Å²) < 4.78 is 19.6. The van der Waals surface area contributed by atoms with Crippen LogP contribution in [0.3, 0.4) is 0 Å². The molecule has 3 saturated carbocycles. The van der Waals surface area contributed by atoms with Gasteiger partial charge in [0, 0.05) is 25.6 Å². The van der Waals surface area contributed by atoms with Crippen LogP contribution in [0.1, 0.15) is 66.9 Å². The van der Waals surface area contributed by atoms with Crippen LogP contribution in [-0.4, -0.2) is 39.3 Å². The van der Waals surface area contributed by atoms with E-state index in [1.165, 1.54) is 12.8 Å². The Morgan fingerprint density at radius 3 is 2.31 bits per heavy atom. The van der Waals surface area contributed by atoms with E-state index in [1.54, 1.807) is 7.11 Å². The quantitative estimate of drug-likeness (QED) is 0.181. The van der Waals surface area contributed by atoms with E-state index in [4.69, 9.17) is 13.9 Å². The van der Waals surface area contributed by atoms with Gasteiger partial charge < -0.3 is 13.9 Å². The summed E-state index contributed by atoms with van der Waals surface area (Å²) in [7, 11) is -0.0614. The van der Waals surface area contributed by atoms with Crippen LogP contribution in [0, 0.1) is 35.0 Å². The molecule has 6 atom stereocenters. The molecule has 0 saturated heterocycles. The van der Waals surface area contributed by atoms with E-state index in [9.17, 15) is 0 Å². The van der Waals surface area contributed by atoms with E-state index in [0.717, 1.165) is 18.1 Å². The SMILES string of the molecule is CC#C[C@@](OC)(c1ccccc1)[C@@H](OCC)S[C@H]1C[C@H]2C[C@@H]([C@@H]1CO[Si](C)(C)C(C)(C)C)C2(C)C. The molecule has 1 aromatic carbocycles. The molecular weight excluding hydrogens is 468 g/mol. The molecule has 0 spiro atoms. The van der Waals surface area contributed by atoms with Gasteiger partial charge in [0.2, 0.25) is 0 Å². The molecule has 0 N–H and O–H groups in total. The Kier molecular flexibility index (Phi) is 8.98. The number of rotatable bonds is 10. The van der Waals surface area contributed by atoms with Gasteiger partial charge in [-0.25, -0.2) is 0 Å². The minimum atomic E-state index is -1.83. The number of hydrogen-bond donors (Lipinski definition) is 0. The summed E-state index contributed by atoms with van der Waals surface area (Å²) >= 11 is 1.94. The predicted octanol–water partition coefficient (Wildman–Crippen LogP) is 7.72. The molecule has 35 heavy (non-hydrogen) atoms. The van der Waals surface area contributed by atoms with Crippen LogP contribution in [0.25, 0.3) is 0 Å². The molecule has 0 heterocycles. The lowest BCUT2D eigenvalue weighted by atomic mass is 9.45. The van der Waals surface area contributed by atoms with Crippen LogP contribution >= 0.6 is 11.8 Å². The highest BCUT2D eigenvalue weighted by Gasteiger charge is 2.59. The monoisotopic (exact) mass is 516 g/mol. The Labute approximate surface area is 220 Å². The fraction of sp³-hybridized carbons (Fsp3) is 0.733. The van der Waals surface area contributed by atoms with Crippen LogP contribution in [0.15, 0.2) is 30.3 Å². The second-order valence-electron chi connectivity index (χ2n) is 12.5. The van der Waals surface area contributed by atoms with Crippen molar-refractivity contribution in [2.24, 2.45) is 23.2 Å². The van der Waals surface area contributed by atoms with Gasteiger partial charge in [0.15, 0.2) is 13.9 Å². The van der Waals surface area contributed by atoms with Crippen LogP contribution in [-0.2, 0) is 19.5 Å². The summed E-state index contributed by atoms with van der Waals surface area (Å²) in [6.45, 7) is 22.1. The van der Waals surface area contributed by atoms with Crippen molar-refractivity contribution >= 4 is 20.1 Å². The van der Waals surface area contributed by atoms with Gasteiger partial charge >= 0.3 is 0 Å². The van der Waals surface area contributed by atoms with Gasteiger partial charge in [0.1, 0.15) is 5.44 Å². The number of thioether (sulfide) groups is 1. The lowest BCUT2D eigenvalue weighted by molar-refractivity contribution is -0.112. The van der Waals surface area contributed by atoms with Gasteiger partial charge in [-0.1, -0.05) is 70.9 Å². The number of fused-ring (bicyclic) bond motifs is 2. The van der Waals surface area contributed by atoms with Crippen LogP contribution in [0.5, 0.6) is 0 Å². The molecule has 3 fully saturated rings. The molecule has 3 nitrogen and oxygen atoms in total. The lowest BCUT2D eigenvalue weighted by Crippen LogP contribution is -2.59. The summed E-state index contributed by atoms with van der Waals surface area (Å²) in [5, 5.41) is 0.676. The number of methoxy groups -OCH3 is 1. The summed E-state index contributed by atoms with van der Waals surface area (Å²) in [5.41, 5.74) is 0.422. The Morgan fingerprint density at radius 2 is 1.80 bits per heavy atom. The standard InChI is InChI=1S/C30H48O3SSi/c1-11-18-30(31-8,22-16-14-13-15-17-22)27(32-12-2)34-26-20-23-19-25(29(23,6)7)24(26)21-33-35(9,10)28(3,4)5/h13-17,23-27H,12,19-21H2,1-10H3/t23-,24+,25+,26+,27+,30-/m1/s1. The van der Waals surface area contributed by atoms with Crippen LogP contribution in [0.2, 0.25) is 18.1 Å². The third-order valence-electron chi connectivity index (χ3n) is 9.28. The van der Waals surface area contributed by atoms with Gasteiger partial charge in [0.25, 0.3) is 0 Å². The summed E-state index contributed by atoms with van der Waals surface area (Å²) in [6.07, 6.45) is 2.54. The average molecular weight is 517 g/mol. The number of ether oxygens (including phenoxy) is 2. The van der Waals surface area contributed by atoms with Crippen molar-refractivity contribution in [3.63, 3.8) is 0 Å². The maximum Gasteiger partial charge on any atom is 0.191 e. The maximum atomic E-state index is 6.86. The number of hydrogen-bond acceptors (Lipinski definition) is 4. The van der Waals surface area contributed by atoms with E-state index in [0.29, 0.717) is 29.1 Å². The van der Waals surface area contributed by atoms with Crippen molar-refractivity contribution in [3.8, 4) is 11.8 Å². The first kappa shape index (κ1) is 28.8. The normalized spacial score (nSPS) is 28.3. The van der Waals surface area contributed by atoms with Crippen molar-refractivity contribution in [2.45, 2.75) is 95.7 Å². The molecule has 0 unspecified atom stereocenters. The van der Waals surface area contributed by atoms with E-state index < -0.39 is 13.9 Å². The predicted molar refractivity (Wildman–Crippen MR) is 152 cm³/mol. The van der Waals surface area contributed by atoms with Gasteiger partial charge in [-0.05, 0) is 73.6 Å². The smallest absolute Gasteiger partial charge is 0.191 e. The first-order chi connectivity index (χ1) is 16.3. The highest BCUT2D eigenvalue weighted by atomic mass is 32.2. The minimum absolute atomic E-state index is 0.213. The highest BCUT2D eigenvalue weighted by Crippen LogP contribution is 2.64. The highest BCUT2D eigenvalue weighted by molar-refractivity contribution is 8.00. The van der Waals surface area contributed by atoms with Gasteiger partial charge in [-0.2, -0.15) is 0 Å². The van der Waals surface area contributed by atoms with Crippen molar-refractivity contribution in [1.29, 1.82) is 0 Å². The molecule has 3 aliphatic carbocycles. The Hall–Kier alpha value is -0.773. The van der Waals surface area contributed by atoms with Gasteiger partial charge in [-0.15, -0.1) is 17.7 Å². The first-order valence-corrected chi connectivity index (χ1v) is 17.1. The molecular formula is C30H48O3SSi. The molecule has 0 amide bonds. The van der Waals surface area contributed by atoms with E-state index in [-0.39, 0.29) is 10.5 Å². The third-order valence-corrected chi connectivity index (χ3v) is 15.4. The van der Waals surface area contributed by atoms with Crippen molar-refractivity contribution < 1.29 is 13.9 Å². The molecule has 3 aliphatic rings. The van der Waals surface area contributed by atoms with Gasteiger partial charge in [-0.3, -0.25) is 0 Å². The molecule has 1 aromatic rings. The van der Waals surface area contributed by atoms with Gasteiger partial charge in [0.05, 0.1) is 0 Å². The van der Waals surface area contributed by atoms with Crippen molar-refractivity contribution in [3.05, 3.63) is 35.9 Å². The Bertz CT molecular complexity index is 898. The van der Waals surface area contributed by atoms with Crippen LogP contribution < -0.4 is 0 Å². The molecule has 0 aliphatic heterocycles. The Balaban J connectivity index is 1.93. The van der Waals surface area contributed by atoms with E-state index in [1.807, 2.05) is 24.8 Å². The lowest BCUT2D eigenvalue weighted by Gasteiger charge is -2.63. The second kappa shape index (κ2) is 10.9. The third kappa shape index (κ3) is 5.58. The number of benzene rings is 1. The molecule has 2 bridgehead atoms. The minimum Gasteiger partial charge on any atom is -0.416 e. The van der Waals surface area contributed by atoms with E-state index >= 15 is 0 Å². The maximum absolute atomic E-state index is 6.86. The molecule has 196 valence electrons. The topological polar surface area (TPSA) is 27.7 Å². The second-order valence-corrected chi connectivity index (χ2v) is 18.6. The molecule has 0 radical (unpaired) electrons. The summed E-state index contributed by atoms with van der Waals surface area (Å²) in [5.74, 6) is 8.54. The zero-order valence-corrected chi connectivity index (χ0v) is 25.6. The van der Waals surface area contributed by atoms with Crippen molar-refractivity contribution in [1.82, 2.24) is 0 Å². The molecule has 0 aromatic heterocycles. The summed E-state index contributed by atoms with van der Waals surface area (Å²) in [4.78, 5) is 0. The van der Waals surface area contributed by atoms with Crippen molar-refractivity contribution in [2.75, 3.05) is 20.3 Å². The zero-order valence-electron chi connectivity index (χ0n) is 23.7. The fourth-order valence-corrected chi connectivity index (χ4v) is 8.64. The summed E-state index contributed by atoms with van der Waals surface area (Å²) in [6, 6.07) is 10.4. The zero-order chi connectivity index (χ0) is 26.1. The largest absolute Gasteiger partial charge is 0.416 e. The first-order valence-electron chi connectivity index (χ1n) is 13.3. The average Bonchev–Trinajstić information content (AvgIpc) is 2.81.